The van der Waals surface area contributed by atoms with E-state index in [1.54, 1.807) is 10.9 Å². The van der Waals surface area contributed by atoms with E-state index in [0.29, 0.717) is 6.54 Å². The first-order valence-electron chi connectivity index (χ1n) is 5.21. The molecule has 2 heterocycles. The van der Waals surface area contributed by atoms with Gasteiger partial charge in [-0.25, -0.2) is 9.67 Å². The quantitative estimate of drug-likeness (QED) is 0.764. The molecule has 0 aromatic carbocycles. The molecule has 0 N–H and O–H groups in total. The third kappa shape index (κ3) is 2.24. The van der Waals surface area contributed by atoms with Gasteiger partial charge in [-0.05, 0) is 6.42 Å². The van der Waals surface area contributed by atoms with E-state index in [1.165, 1.54) is 0 Å². The van der Waals surface area contributed by atoms with Gasteiger partial charge in [0.2, 0.25) is 0 Å². The van der Waals surface area contributed by atoms with Crippen LogP contribution in [-0.2, 0) is 13.6 Å². The van der Waals surface area contributed by atoms with Crippen molar-refractivity contribution in [2.24, 2.45) is 7.05 Å². The molecule has 1 atom stereocenters. The summed E-state index contributed by atoms with van der Waals surface area (Å²) in [6.45, 7) is 2.64. The van der Waals surface area contributed by atoms with Crippen LogP contribution < -0.4 is 0 Å². The minimum Gasteiger partial charge on any atom is -0.336 e. The van der Waals surface area contributed by atoms with Gasteiger partial charge >= 0.3 is 0 Å². The van der Waals surface area contributed by atoms with Gasteiger partial charge in [0.25, 0.3) is 0 Å². The minimum absolute atomic E-state index is 0.0601. The molecule has 0 saturated carbocycles. The Hall–Kier alpha value is -1.36. The van der Waals surface area contributed by atoms with Gasteiger partial charge in [-0.3, -0.25) is 0 Å². The number of aromatic nitrogens is 5. The van der Waals surface area contributed by atoms with Crippen LogP contribution in [-0.4, -0.2) is 24.5 Å². The molecule has 6 heteroatoms. The largest absolute Gasteiger partial charge is 0.336 e. The fraction of sp³-hybridized carbons (Fsp3) is 0.500. The van der Waals surface area contributed by atoms with Crippen LogP contribution in [0.3, 0.4) is 0 Å². The summed E-state index contributed by atoms with van der Waals surface area (Å²) in [6.07, 6.45) is 6.39. The third-order valence-electron chi connectivity index (χ3n) is 2.46. The van der Waals surface area contributed by atoms with Gasteiger partial charge in [0.05, 0.1) is 11.6 Å². The molecule has 5 nitrogen and oxygen atoms in total. The number of hydrogen-bond donors (Lipinski definition) is 0. The lowest BCUT2D eigenvalue weighted by Gasteiger charge is -2.01. The molecule has 0 radical (unpaired) electrons. The standard InChI is InChI=1S/C10H14ClN5/c1-3-8(11)9-6-16(14-13-9)7-10-12-4-5-15(10)2/h4-6,8H,3,7H2,1-2H3. The first-order chi connectivity index (χ1) is 7.70. The van der Waals surface area contributed by atoms with Crippen LogP contribution in [0.2, 0.25) is 0 Å². The van der Waals surface area contributed by atoms with Crippen LogP contribution in [0.15, 0.2) is 18.6 Å². The highest BCUT2D eigenvalue weighted by atomic mass is 35.5. The molecule has 2 aromatic rings. The van der Waals surface area contributed by atoms with Gasteiger partial charge in [-0.2, -0.15) is 0 Å². The van der Waals surface area contributed by atoms with Gasteiger partial charge in [-0.1, -0.05) is 12.1 Å². The van der Waals surface area contributed by atoms with E-state index in [0.717, 1.165) is 17.9 Å². The highest BCUT2D eigenvalue weighted by Gasteiger charge is 2.10. The second-order valence-electron chi connectivity index (χ2n) is 3.67. The van der Waals surface area contributed by atoms with E-state index in [-0.39, 0.29) is 5.38 Å². The molecule has 0 aliphatic heterocycles. The summed E-state index contributed by atoms with van der Waals surface area (Å²) < 4.78 is 3.71. The summed E-state index contributed by atoms with van der Waals surface area (Å²) in [5, 5.41) is 8.01. The van der Waals surface area contributed by atoms with E-state index in [4.69, 9.17) is 11.6 Å². The zero-order valence-electron chi connectivity index (χ0n) is 9.34. The summed E-state index contributed by atoms with van der Waals surface area (Å²) in [4.78, 5) is 4.23. The van der Waals surface area contributed by atoms with E-state index < -0.39 is 0 Å². The van der Waals surface area contributed by atoms with Crippen molar-refractivity contribution >= 4 is 11.6 Å². The Morgan fingerprint density at radius 3 is 2.94 bits per heavy atom. The van der Waals surface area contributed by atoms with Crippen LogP contribution in [0.5, 0.6) is 0 Å². The van der Waals surface area contributed by atoms with Crippen LogP contribution in [0, 0.1) is 0 Å². The van der Waals surface area contributed by atoms with Gasteiger partial charge in [0.15, 0.2) is 0 Å². The van der Waals surface area contributed by atoms with Gasteiger partial charge in [-0.15, -0.1) is 16.7 Å². The maximum Gasteiger partial charge on any atom is 0.130 e. The zero-order chi connectivity index (χ0) is 11.5. The number of aryl methyl sites for hydroxylation is 1. The van der Waals surface area contributed by atoms with Crippen LogP contribution in [0.4, 0.5) is 0 Å². The molecule has 1 unspecified atom stereocenters. The number of alkyl halides is 1. The SMILES string of the molecule is CCC(Cl)c1cn(Cc2nccn2C)nn1. The maximum absolute atomic E-state index is 6.08. The summed E-state index contributed by atoms with van der Waals surface area (Å²) in [7, 11) is 1.95. The maximum atomic E-state index is 6.08. The molecule has 0 saturated heterocycles. The van der Waals surface area contributed by atoms with Crippen molar-refractivity contribution in [3.63, 3.8) is 0 Å². The Morgan fingerprint density at radius 1 is 1.50 bits per heavy atom. The number of rotatable bonds is 4. The Labute approximate surface area is 99.1 Å². The van der Waals surface area contributed by atoms with Gasteiger partial charge < -0.3 is 4.57 Å². The van der Waals surface area contributed by atoms with E-state index >= 15 is 0 Å². The zero-order valence-corrected chi connectivity index (χ0v) is 10.1. The monoisotopic (exact) mass is 239 g/mol. The molecular weight excluding hydrogens is 226 g/mol. The first-order valence-corrected chi connectivity index (χ1v) is 5.64. The van der Waals surface area contributed by atoms with Crippen molar-refractivity contribution in [3.8, 4) is 0 Å². The van der Waals surface area contributed by atoms with Crippen LogP contribution >= 0.6 is 11.6 Å². The Kier molecular flexibility index (Phi) is 3.24. The predicted molar refractivity (Wildman–Crippen MR) is 61.2 cm³/mol. The molecule has 0 amide bonds. The van der Waals surface area contributed by atoms with Crippen molar-refractivity contribution in [2.75, 3.05) is 0 Å². The second kappa shape index (κ2) is 4.65. The van der Waals surface area contributed by atoms with Crippen LogP contribution in [0.25, 0.3) is 0 Å². The predicted octanol–water partition coefficient (Wildman–Crippen LogP) is 1.75. The Morgan fingerprint density at radius 2 is 2.31 bits per heavy atom. The number of hydrogen-bond acceptors (Lipinski definition) is 3. The molecule has 86 valence electrons. The minimum atomic E-state index is -0.0601. The van der Waals surface area contributed by atoms with Crippen molar-refractivity contribution in [1.82, 2.24) is 24.5 Å². The molecule has 0 aliphatic rings. The number of nitrogens with zero attached hydrogens (tertiary/aromatic N) is 5. The molecule has 2 aromatic heterocycles. The number of halogens is 1. The normalized spacial score (nSPS) is 12.9. The molecular formula is C10H14ClN5. The molecule has 16 heavy (non-hydrogen) atoms. The molecule has 0 bridgehead atoms. The first kappa shape index (κ1) is 11.1. The summed E-state index contributed by atoms with van der Waals surface area (Å²) in [5.74, 6) is 0.944. The molecule has 2 rings (SSSR count). The summed E-state index contributed by atoms with van der Waals surface area (Å²) >= 11 is 6.08. The smallest absolute Gasteiger partial charge is 0.130 e. The molecule has 0 aliphatic carbocycles. The summed E-state index contributed by atoms with van der Waals surface area (Å²) in [5.41, 5.74) is 0.818. The Balaban J connectivity index is 2.11. The third-order valence-corrected chi connectivity index (χ3v) is 2.99. The Bertz CT molecular complexity index is 461. The summed E-state index contributed by atoms with van der Waals surface area (Å²) in [6, 6.07) is 0. The van der Waals surface area contributed by atoms with Gasteiger partial charge in [0.1, 0.15) is 18.1 Å². The number of imidazole rings is 1. The van der Waals surface area contributed by atoms with Crippen molar-refractivity contribution in [3.05, 3.63) is 30.1 Å². The fourth-order valence-electron chi connectivity index (χ4n) is 1.44. The van der Waals surface area contributed by atoms with E-state index in [2.05, 4.69) is 15.3 Å². The van der Waals surface area contributed by atoms with Crippen LogP contribution in [0.1, 0.15) is 30.2 Å². The molecule has 0 spiro atoms. The lowest BCUT2D eigenvalue weighted by atomic mass is 10.3. The van der Waals surface area contributed by atoms with Gasteiger partial charge in [0, 0.05) is 19.4 Å². The van der Waals surface area contributed by atoms with Crippen molar-refractivity contribution in [2.45, 2.75) is 25.3 Å². The van der Waals surface area contributed by atoms with Crippen molar-refractivity contribution in [1.29, 1.82) is 0 Å². The average molecular weight is 240 g/mol. The lowest BCUT2D eigenvalue weighted by Crippen LogP contribution is -2.06. The average Bonchev–Trinajstić information content (AvgIpc) is 2.89. The highest BCUT2D eigenvalue weighted by molar-refractivity contribution is 6.20. The molecule has 0 fully saturated rings. The van der Waals surface area contributed by atoms with Crippen molar-refractivity contribution < 1.29 is 0 Å². The van der Waals surface area contributed by atoms with E-state index in [1.807, 2.05) is 30.9 Å². The van der Waals surface area contributed by atoms with E-state index in [9.17, 15) is 0 Å². The lowest BCUT2D eigenvalue weighted by molar-refractivity contribution is 0.607. The topological polar surface area (TPSA) is 48.5 Å². The fourth-order valence-corrected chi connectivity index (χ4v) is 1.54. The highest BCUT2D eigenvalue weighted by Crippen LogP contribution is 2.20. The second-order valence-corrected chi connectivity index (χ2v) is 4.20.